The van der Waals surface area contributed by atoms with E-state index in [1.807, 2.05) is 6.08 Å². The van der Waals surface area contributed by atoms with E-state index < -0.39 is 18.5 Å². The van der Waals surface area contributed by atoms with Gasteiger partial charge in [0, 0.05) is 37.7 Å². The SMILES string of the molecule is NC(=O)c1coc(C2=CC(N3CCOCC3)N(c3cn(C4CCC(CO)CC4)nc3C(F)F)C=C2)n1. The molecular formula is C24H30F2N6O4. The summed E-state index contributed by atoms with van der Waals surface area (Å²) >= 11 is 0. The summed E-state index contributed by atoms with van der Waals surface area (Å²) in [6, 6.07) is 0.0142. The molecule has 2 aromatic heterocycles. The lowest BCUT2D eigenvalue weighted by Crippen LogP contribution is -2.51. The Morgan fingerprint density at radius 1 is 1.22 bits per heavy atom. The fourth-order valence-corrected chi connectivity index (χ4v) is 5.08. The highest BCUT2D eigenvalue weighted by Gasteiger charge is 2.33. The summed E-state index contributed by atoms with van der Waals surface area (Å²) in [5.74, 6) is -0.211. The minimum atomic E-state index is -2.75. The lowest BCUT2D eigenvalue weighted by atomic mass is 9.87. The highest BCUT2D eigenvalue weighted by Crippen LogP contribution is 2.38. The molecular weight excluding hydrogens is 474 g/mol. The van der Waals surface area contributed by atoms with E-state index in [4.69, 9.17) is 14.9 Å². The van der Waals surface area contributed by atoms with Crippen molar-refractivity contribution in [1.82, 2.24) is 19.7 Å². The Morgan fingerprint density at radius 3 is 2.61 bits per heavy atom. The maximum absolute atomic E-state index is 14.2. The molecule has 1 unspecified atom stereocenters. The maximum Gasteiger partial charge on any atom is 0.284 e. The Labute approximate surface area is 207 Å². The Bertz CT molecular complexity index is 1130. The van der Waals surface area contributed by atoms with E-state index in [1.165, 1.54) is 6.26 Å². The molecule has 1 atom stereocenters. The van der Waals surface area contributed by atoms with Crippen LogP contribution in [-0.2, 0) is 4.74 Å². The van der Waals surface area contributed by atoms with Crippen LogP contribution < -0.4 is 10.6 Å². The molecule has 4 heterocycles. The molecule has 10 nitrogen and oxygen atoms in total. The number of hydrogen-bond acceptors (Lipinski definition) is 8. The standard InChI is InChI=1S/C24H30F2N6O4/c25-22(26)21-19(12-32(29-21)17-3-1-15(13-33)2-4-17)31-6-5-16(24-28-18(14-36-24)23(27)34)11-20(31)30-7-9-35-10-8-30/h5-6,11-12,14-15,17,20,22,33H,1-4,7-10,13H2,(H2,27,34). The van der Waals surface area contributed by atoms with Gasteiger partial charge in [-0.2, -0.15) is 5.10 Å². The number of nitrogens with two attached hydrogens (primary N) is 1. The molecule has 194 valence electrons. The third-order valence-electron chi connectivity index (χ3n) is 7.13. The molecule has 0 aromatic carbocycles. The van der Waals surface area contributed by atoms with Crippen LogP contribution in [0.25, 0.3) is 5.57 Å². The lowest BCUT2D eigenvalue weighted by molar-refractivity contribution is 0.0263. The number of morpholine rings is 1. The highest BCUT2D eigenvalue weighted by atomic mass is 19.3. The van der Waals surface area contributed by atoms with Crippen molar-refractivity contribution in [2.75, 3.05) is 37.8 Å². The van der Waals surface area contributed by atoms with Crippen molar-refractivity contribution in [3.05, 3.63) is 48.1 Å². The number of carbonyl (C=O) groups excluding carboxylic acids is 1. The highest BCUT2D eigenvalue weighted by molar-refractivity contribution is 5.91. The van der Waals surface area contributed by atoms with E-state index in [0.29, 0.717) is 37.6 Å². The van der Waals surface area contributed by atoms with Gasteiger partial charge in [-0.05, 0) is 43.8 Å². The number of carbonyl (C=O) groups is 1. The largest absolute Gasteiger partial charge is 0.444 e. The predicted molar refractivity (Wildman–Crippen MR) is 126 cm³/mol. The van der Waals surface area contributed by atoms with Crippen LogP contribution in [0.15, 0.2) is 35.2 Å². The monoisotopic (exact) mass is 504 g/mol. The summed E-state index contributed by atoms with van der Waals surface area (Å²) in [7, 11) is 0. The van der Waals surface area contributed by atoms with Gasteiger partial charge in [0.1, 0.15) is 12.4 Å². The van der Waals surface area contributed by atoms with E-state index in [0.717, 1.165) is 25.7 Å². The van der Waals surface area contributed by atoms with E-state index in [9.17, 15) is 18.7 Å². The van der Waals surface area contributed by atoms with Crippen molar-refractivity contribution < 1.29 is 27.8 Å². The van der Waals surface area contributed by atoms with Crippen molar-refractivity contribution in [3.8, 4) is 0 Å². The van der Waals surface area contributed by atoms with Crippen molar-refractivity contribution in [2.45, 2.75) is 44.3 Å². The summed E-state index contributed by atoms with van der Waals surface area (Å²) in [4.78, 5) is 19.5. The summed E-state index contributed by atoms with van der Waals surface area (Å²) in [5, 5.41) is 13.8. The summed E-state index contributed by atoms with van der Waals surface area (Å²) < 4.78 is 41.0. The zero-order valence-corrected chi connectivity index (χ0v) is 19.8. The lowest BCUT2D eigenvalue weighted by Gasteiger charge is -2.40. The van der Waals surface area contributed by atoms with Gasteiger partial charge < -0.3 is 24.9 Å². The molecule has 1 amide bonds. The molecule has 3 aliphatic rings. The van der Waals surface area contributed by atoms with Crippen molar-refractivity contribution in [3.63, 3.8) is 0 Å². The minimum Gasteiger partial charge on any atom is -0.444 e. The number of nitrogens with zero attached hydrogens (tertiary/aromatic N) is 5. The quantitative estimate of drug-likeness (QED) is 0.590. The van der Waals surface area contributed by atoms with Crippen LogP contribution in [0.2, 0.25) is 0 Å². The van der Waals surface area contributed by atoms with Gasteiger partial charge >= 0.3 is 0 Å². The van der Waals surface area contributed by atoms with Gasteiger partial charge in [-0.1, -0.05) is 0 Å². The molecule has 1 aliphatic carbocycles. The first-order valence-corrected chi connectivity index (χ1v) is 12.2. The number of anilines is 1. The molecule has 36 heavy (non-hydrogen) atoms. The van der Waals surface area contributed by atoms with Crippen LogP contribution >= 0.6 is 0 Å². The molecule has 2 aliphatic heterocycles. The Kier molecular flexibility index (Phi) is 7.17. The van der Waals surface area contributed by atoms with Gasteiger partial charge in [0.05, 0.1) is 24.9 Å². The Balaban J connectivity index is 1.47. The van der Waals surface area contributed by atoms with Gasteiger partial charge in [0.2, 0.25) is 5.89 Å². The number of aliphatic hydroxyl groups excluding tert-OH is 1. The Morgan fingerprint density at radius 2 is 1.97 bits per heavy atom. The Hall–Kier alpha value is -3.09. The van der Waals surface area contributed by atoms with E-state index in [1.54, 1.807) is 28.1 Å². The maximum atomic E-state index is 14.2. The molecule has 12 heteroatoms. The number of alkyl halides is 2. The number of allylic oxidation sites excluding steroid dienone is 2. The van der Waals surface area contributed by atoms with Gasteiger partial charge in [-0.15, -0.1) is 0 Å². The second-order valence-electron chi connectivity index (χ2n) is 9.35. The average Bonchev–Trinajstić information content (AvgIpc) is 3.58. The van der Waals surface area contributed by atoms with Crippen LogP contribution in [0, 0.1) is 5.92 Å². The summed E-state index contributed by atoms with van der Waals surface area (Å²) in [5.41, 5.74) is 5.99. The third-order valence-corrected chi connectivity index (χ3v) is 7.13. The number of aliphatic hydroxyl groups is 1. The van der Waals surface area contributed by atoms with E-state index >= 15 is 0 Å². The number of oxazole rings is 1. The molecule has 2 aromatic rings. The van der Waals surface area contributed by atoms with E-state index in [2.05, 4.69) is 15.0 Å². The number of halogens is 2. The van der Waals surface area contributed by atoms with Gasteiger partial charge in [-0.3, -0.25) is 14.4 Å². The first-order chi connectivity index (χ1) is 17.4. The van der Waals surface area contributed by atoms with Crippen molar-refractivity contribution in [2.24, 2.45) is 11.7 Å². The second kappa shape index (κ2) is 10.5. The molecule has 5 rings (SSSR count). The van der Waals surface area contributed by atoms with Gasteiger partial charge in [0.25, 0.3) is 12.3 Å². The van der Waals surface area contributed by atoms with Gasteiger partial charge in [-0.25, -0.2) is 13.8 Å². The second-order valence-corrected chi connectivity index (χ2v) is 9.35. The first-order valence-electron chi connectivity index (χ1n) is 12.2. The summed E-state index contributed by atoms with van der Waals surface area (Å²) in [6.07, 6.45) is 8.31. The third kappa shape index (κ3) is 4.93. The molecule has 3 N–H and O–H groups in total. The smallest absolute Gasteiger partial charge is 0.284 e. The normalized spacial score (nSPS) is 25.4. The molecule has 0 bridgehead atoms. The van der Waals surface area contributed by atoms with Crippen molar-refractivity contribution >= 4 is 17.2 Å². The van der Waals surface area contributed by atoms with Crippen LogP contribution in [-0.4, -0.2) is 69.8 Å². The van der Waals surface area contributed by atoms with Gasteiger partial charge in [0.15, 0.2) is 11.4 Å². The zero-order valence-electron chi connectivity index (χ0n) is 19.8. The number of rotatable bonds is 7. The number of hydrogen-bond donors (Lipinski definition) is 2. The van der Waals surface area contributed by atoms with Crippen LogP contribution in [0.5, 0.6) is 0 Å². The molecule has 1 saturated heterocycles. The number of primary amides is 1. The molecule has 1 saturated carbocycles. The van der Waals surface area contributed by atoms with Crippen molar-refractivity contribution in [1.29, 1.82) is 0 Å². The average molecular weight is 505 g/mol. The number of aromatic nitrogens is 3. The van der Waals surface area contributed by atoms with E-state index in [-0.39, 0.29) is 35.8 Å². The van der Waals surface area contributed by atoms with Crippen LogP contribution in [0.4, 0.5) is 14.5 Å². The van der Waals surface area contributed by atoms with Crippen LogP contribution in [0.3, 0.4) is 0 Å². The van der Waals surface area contributed by atoms with Crippen LogP contribution in [0.1, 0.15) is 60.2 Å². The molecule has 0 radical (unpaired) electrons. The topological polar surface area (TPSA) is 123 Å². The molecule has 0 spiro atoms. The summed E-state index contributed by atoms with van der Waals surface area (Å²) in [6.45, 7) is 2.42. The fraction of sp³-hybridized carbons (Fsp3) is 0.542. The predicted octanol–water partition coefficient (Wildman–Crippen LogP) is 2.71. The fourth-order valence-electron chi connectivity index (χ4n) is 5.08. The number of amides is 1. The molecule has 2 fully saturated rings. The minimum absolute atomic E-state index is 0.0142. The first kappa shape index (κ1) is 24.6. The number of ether oxygens (including phenoxy) is 1. The zero-order chi connectivity index (χ0) is 25.2.